The molecule has 0 spiro atoms. The molecular weight excluding hydrogens is 875 g/mol. The van der Waals surface area contributed by atoms with Crippen LogP contribution in [0.15, 0.2) is 74.6 Å². The molecule has 0 radical (unpaired) electrons. The summed E-state index contributed by atoms with van der Waals surface area (Å²) in [5, 5.41) is 0. The molecule has 0 N–H and O–H groups in total. The number of rotatable bonds is 11. The minimum absolute atomic E-state index is 0.0521. The molecule has 12 heteroatoms. The smallest absolute Gasteiger partial charge is 0.162 e. The van der Waals surface area contributed by atoms with Crippen LogP contribution in [-0.2, 0) is 0 Å². The predicted octanol–water partition coefficient (Wildman–Crippen LogP) is 11.2. The third-order valence-electron chi connectivity index (χ3n) is 6.85. The topological polar surface area (TPSA) is 51.6 Å². The van der Waals surface area contributed by atoms with E-state index in [2.05, 4.69) is 78.5 Å². The number of halogens is 7. The van der Waals surface area contributed by atoms with Crippen LogP contribution >= 0.6 is 47.8 Å². The van der Waals surface area contributed by atoms with Gasteiger partial charge < -0.3 is 0 Å². The van der Waals surface area contributed by atoms with Crippen LogP contribution in [0.3, 0.4) is 0 Å². The third kappa shape index (κ3) is 12.4. The van der Waals surface area contributed by atoms with Gasteiger partial charge in [0.2, 0.25) is 0 Å². The van der Waals surface area contributed by atoms with Gasteiger partial charge in [-0.15, -0.1) is 0 Å². The molecule has 0 aliphatic rings. The Morgan fingerprint density at radius 1 is 0.545 bits per heavy atom. The van der Waals surface area contributed by atoms with Crippen LogP contribution in [-0.4, -0.2) is 38.3 Å². The number of hydrogen-bond donors (Lipinski definition) is 0. The van der Waals surface area contributed by atoms with E-state index in [0.29, 0.717) is 0 Å². The monoisotopic (exact) mass is 910 g/mol. The molecule has 0 aliphatic heterocycles. The van der Waals surface area contributed by atoms with E-state index in [-0.39, 0.29) is 24.8 Å². The average molecular weight is 912 g/mol. The first kappa shape index (κ1) is 38.7. The summed E-state index contributed by atoms with van der Waals surface area (Å²) < 4.78 is 57.7. The molecule has 0 aliphatic carbocycles. The summed E-state index contributed by atoms with van der Waals surface area (Å²) in [5.74, 6) is -1.89. The van der Waals surface area contributed by atoms with Gasteiger partial charge in [-0.3, -0.25) is 0 Å². The fourth-order valence-electron chi connectivity index (χ4n) is 4.46. The molecule has 44 heavy (non-hydrogen) atoms. The Bertz CT molecular complexity index is 1350. The van der Waals surface area contributed by atoms with Crippen molar-refractivity contribution in [1.82, 2.24) is 19.9 Å². The summed E-state index contributed by atoms with van der Waals surface area (Å²) in [6, 6.07) is 7.82. The summed E-state index contributed by atoms with van der Waals surface area (Å²) in [6.45, 7) is 6.92. The van der Waals surface area contributed by atoms with Crippen molar-refractivity contribution in [3.05, 3.63) is 97.9 Å². The minimum Gasteiger partial charge on any atom is -0.236 e. The largest absolute Gasteiger partial charge is 0.236 e. The van der Waals surface area contributed by atoms with Gasteiger partial charge in [0.25, 0.3) is 0 Å². The molecule has 0 amide bonds. The second-order valence-electron chi connectivity index (χ2n) is 10.2. The van der Waals surface area contributed by atoms with Gasteiger partial charge in [0.05, 0.1) is 19.0 Å². The molecule has 0 bridgehead atoms. The molecule has 2 aromatic heterocycles. The van der Waals surface area contributed by atoms with Crippen molar-refractivity contribution in [3.8, 4) is 11.4 Å². The van der Waals surface area contributed by atoms with E-state index in [0.717, 1.165) is 24.3 Å². The minimum atomic E-state index is -2.32. The van der Waals surface area contributed by atoms with Crippen LogP contribution in [0.4, 0.5) is 17.6 Å². The van der Waals surface area contributed by atoms with Crippen LogP contribution in [0.5, 0.6) is 0 Å². The molecule has 0 atom stereocenters. The first-order valence-electron chi connectivity index (χ1n) is 14.6. The van der Waals surface area contributed by atoms with Crippen LogP contribution in [0, 0.1) is 23.3 Å². The van der Waals surface area contributed by atoms with Gasteiger partial charge >= 0.3 is 123 Å². The summed E-state index contributed by atoms with van der Waals surface area (Å²) >= 11 is 6.27. The van der Waals surface area contributed by atoms with Gasteiger partial charge in [-0.2, -0.15) is 0 Å². The third-order valence-corrected chi connectivity index (χ3v) is 23.3. The quantitative estimate of drug-likeness (QED) is 0.0855. The number of hydrogen-bond acceptors (Lipinski definition) is 4. The first-order chi connectivity index (χ1) is 21.1. The van der Waals surface area contributed by atoms with E-state index < -0.39 is 41.6 Å². The van der Waals surface area contributed by atoms with E-state index in [1.807, 2.05) is 18.5 Å². The fourth-order valence-corrected chi connectivity index (χ4v) is 20.3. The Labute approximate surface area is 287 Å². The second-order valence-corrected chi connectivity index (χ2v) is 25.6. The van der Waals surface area contributed by atoms with E-state index in [1.54, 1.807) is 6.07 Å². The number of unbranched alkanes of at least 4 members (excludes halogenated alkanes) is 3. The van der Waals surface area contributed by atoms with Crippen molar-refractivity contribution in [2.75, 3.05) is 0 Å². The van der Waals surface area contributed by atoms with Gasteiger partial charge in [-0.05, 0) is 78.1 Å². The zero-order chi connectivity index (χ0) is 32.5. The van der Waals surface area contributed by atoms with Crippen molar-refractivity contribution in [2.45, 2.75) is 72.6 Å². The van der Waals surface area contributed by atoms with Crippen molar-refractivity contribution < 1.29 is 17.6 Å². The first-order valence-corrected chi connectivity index (χ1v) is 24.4. The number of nitrogens with zero attached hydrogens (tertiary/aromatic N) is 4. The van der Waals surface area contributed by atoms with Gasteiger partial charge in [0, 0.05) is 12.4 Å². The summed E-state index contributed by atoms with van der Waals surface area (Å²) in [5.41, 5.74) is 0.0521. The van der Waals surface area contributed by atoms with Crippen LogP contribution in [0.25, 0.3) is 11.4 Å². The van der Waals surface area contributed by atoms with E-state index in [9.17, 15) is 17.6 Å². The molecule has 2 aromatic carbocycles. The standard InChI is InChI=1S/C10H5BrF2N2.C6H2Br2F2.C4H3N2.3C4H9.Sn/c11-7-5-8(12)6(4-9(7)13)10-14-2-1-3-15-10;7-3-1-5(9)4(8)2-6(3)10;1-2-5-4-6-3-1;3*1-3-4-2;/h1-5H;1-2H;1-3H;3*1,3-4H2,2H3;. The molecule has 0 saturated heterocycles. The average Bonchev–Trinajstić information content (AvgIpc) is 3.03. The Kier molecular flexibility index (Phi) is 18.2. The second kappa shape index (κ2) is 20.6. The maximum absolute atomic E-state index is 13.4. The molecule has 238 valence electrons. The summed E-state index contributed by atoms with van der Waals surface area (Å²) in [7, 11) is 0. The molecule has 0 fully saturated rings. The van der Waals surface area contributed by atoms with Gasteiger partial charge in [-0.25, -0.2) is 27.5 Å². The molecule has 4 nitrogen and oxygen atoms in total. The van der Waals surface area contributed by atoms with Crippen LogP contribution in [0.1, 0.15) is 59.3 Å². The van der Waals surface area contributed by atoms with Crippen molar-refractivity contribution in [2.24, 2.45) is 0 Å². The molecule has 0 saturated carbocycles. The summed E-state index contributed by atoms with van der Waals surface area (Å²) in [6.07, 6.45) is 14.9. The van der Waals surface area contributed by atoms with E-state index >= 15 is 0 Å². The van der Waals surface area contributed by atoms with E-state index in [4.69, 9.17) is 9.97 Å². The SMILES string of the molecule is CCC[CH2][Sn]([CH2]CCC)([CH2]CCC)[c]1ncccn1.Fc1cc(-c2ncccn2)c(F)cc1Br.Fc1cc(Br)c(F)cc1Br. The molecule has 4 aromatic rings. The Morgan fingerprint density at radius 3 is 1.32 bits per heavy atom. The molecular formula is C32H37Br3F4N4Sn. The Morgan fingerprint density at radius 2 is 0.909 bits per heavy atom. The van der Waals surface area contributed by atoms with Crippen LogP contribution in [0.2, 0.25) is 13.3 Å². The maximum Gasteiger partial charge on any atom is 0.162 e. The summed E-state index contributed by atoms with van der Waals surface area (Å²) in [4.78, 5) is 17.1. The van der Waals surface area contributed by atoms with Crippen LogP contribution < -0.4 is 3.84 Å². The van der Waals surface area contributed by atoms with Gasteiger partial charge in [0.1, 0.15) is 23.3 Å². The van der Waals surface area contributed by atoms with Gasteiger partial charge in [0.15, 0.2) is 5.82 Å². The normalized spacial score (nSPS) is 10.9. The fraction of sp³-hybridized carbons (Fsp3) is 0.375. The van der Waals surface area contributed by atoms with Crippen molar-refractivity contribution in [1.29, 1.82) is 0 Å². The van der Waals surface area contributed by atoms with Crippen molar-refractivity contribution >= 4 is 70.0 Å². The Balaban J connectivity index is 0.000000241. The molecule has 2 heterocycles. The van der Waals surface area contributed by atoms with E-state index in [1.165, 1.54) is 68.1 Å². The zero-order valence-electron chi connectivity index (χ0n) is 25.1. The molecule has 4 rings (SSSR count). The Hall–Kier alpha value is -1.44. The number of benzene rings is 2. The zero-order valence-corrected chi connectivity index (χ0v) is 32.7. The molecule has 0 unspecified atom stereocenters. The van der Waals surface area contributed by atoms with Gasteiger partial charge in [-0.1, -0.05) is 0 Å². The maximum atomic E-state index is 13.4. The predicted molar refractivity (Wildman–Crippen MR) is 183 cm³/mol. The van der Waals surface area contributed by atoms with Crippen molar-refractivity contribution in [3.63, 3.8) is 0 Å². The number of aromatic nitrogens is 4.